The number of carbonyl (C=O) groups excluding carboxylic acids is 1. The SMILES string of the molecule is CCn1c(S[C@H](C)C(=O)Nc2ccc([N+](=O)[O-])cc2)nnc1-c1cccnc1. The van der Waals surface area contributed by atoms with Gasteiger partial charge in [0.05, 0.1) is 10.2 Å². The van der Waals surface area contributed by atoms with Gasteiger partial charge in [-0.3, -0.25) is 19.9 Å². The molecule has 0 aliphatic heterocycles. The van der Waals surface area contributed by atoms with Crippen molar-refractivity contribution in [1.29, 1.82) is 0 Å². The van der Waals surface area contributed by atoms with Crippen LogP contribution in [0.2, 0.25) is 0 Å². The molecule has 1 N–H and O–H groups in total. The number of hydrogen-bond acceptors (Lipinski definition) is 7. The lowest BCUT2D eigenvalue weighted by Crippen LogP contribution is -2.23. The zero-order valence-corrected chi connectivity index (χ0v) is 16.1. The Labute approximate surface area is 165 Å². The molecule has 0 bridgehead atoms. The van der Waals surface area contributed by atoms with Crippen LogP contribution < -0.4 is 5.32 Å². The van der Waals surface area contributed by atoms with Crippen molar-refractivity contribution in [3.8, 4) is 11.4 Å². The summed E-state index contributed by atoms with van der Waals surface area (Å²) < 4.78 is 1.93. The number of rotatable bonds is 7. The molecule has 3 aromatic rings. The molecule has 1 aromatic carbocycles. The van der Waals surface area contributed by atoms with Crippen molar-refractivity contribution in [2.45, 2.75) is 30.8 Å². The Morgan fingerprint density at radius 3 is 2.64 bits per heavy atom. The van der Waals surface area contributed by atoms with E-state index in [1.165, 1.54) is 36.0 Å². The van der Waals surface area contributed by atoms with Crippen molar-refractivity contribution in [1.82, 2.24) is 19.7 Å². The molecule has 0 radical (unpaired) electrons. The zero-order chi connectivity index (χ0) is 20.1. The van der Waals surface area contributed by atoms with Gasteiger partial charge >= 0.3 is 0 Å². The van der Waals surface area contributed by atoms with Crippen LogP contribution in [0.1, 0.15) is 13.8 Å². The second-order valence-corrected chi connectivity index (χ2v) is 7.15. The smallest absolute Gasteiger partial charge is 0.269 e. The molecule has 0 saturated carbocycles. The van der Waals surface area contributed by atoms with Gasteiger partial charge < -0.3 is 9.88 Å². The molecule has 0 aliphatic carbocycles. The lowest BCUT2D eigenvalue weighted by atomic mass is 10.3. The number of benzene rings is 1. The number of nitro groups is 1. The van der Waals surface area contributed by atoms with E-state index in [4.69, 9.17) is 0 Å². The lowest BCUT2D eigenvalue weighted by molar-refractivity contribution is -0.384. The van der Waals surface area contributed by atoms with Gasteiger partial charge in [-0.2, -0.15) is 0 Å². The highest BCUT2D eigenvalue weighted by atomic mass is 32.2. The van der Waals surface area contributed by atoms with Crippen molar-refractivity contribution < 1.29 is 9.72 Å². The number of non-ortho nitro benzene ring substituents is 1. The number of nitrogens with one attached hydrogen (secondary N) is 1. The third-order valence-electron chi connectivity index (χ3n) is 3.95. The predicted molar refractivity (Wildman–Crippen MR) is 106 cm³/mol. The summed E-state index contributed by atoms with van der Waals surface area (Å²) in [7, 11) is 0. The van der Waals surface area contributed by atoms with E-state index in [-0.39, 0.29) is 11.6 Å². The molecule has 10 heteroatoms. The van der Waals surface area contributed by atoms with Gasteiger partial charge in [0.2, 0.25) is 5.91 Å². The van der Waals surface area contributed by atoms with Gasteiger partial charge in [-0.1, -0.05) is 11.8 Å². The maximum atomic E-state index is 12.5. The van der Waals surface area contributed by atoms with Crippen LogP contribution in [0.5, 0.6) is 0 Å². The monoisotopic (exact) mass is 398 g/mol. The number of hydrogen-bond donors (Lipinski definition) is 1. The number of amides is 1. The van der Waals surface area contributed by atoms with Gasteiger partial charge in [0, 0.05) is 42.3 Å². The molecular formula is C18H18N6O3S. The maximum absolute atomic E-state index is 12.5. The maximum Gasteiger partial charge on any atom is 0.269 e. The average Bonchev–Trinajstić information content (AvgIpc) is 3.11. The van der Waals surface area contributed by atoms with Crippen LogP contribution in [-0.2, 0) is 11.3 Å². The molecule has 1 atom stereocenters. The van der Waals surface area contributed by atoms with Crippen molar-refractivity contribution in [3.05, 3.63) is 58.9 Å². The van der Waals surface area contributed by atoms with Crippen molar-refractivity contribution in [2.24, 2.45) is 0 Å². The Kier molecular flexibility index (Phi) is 5.99. The minimum Gasteiger partial charge on any atom is -0.325 e. The molecule has 2 heterocycles. The van der Waals surface area contributed by atoms with E-state index in [1.807, 2.05) is 23.6 Å². The fraction of sp³-hybridized carbons (Fsp3) is 0.222. The molecular weight excluding hydrogens is 380 g/mol. The number of anilines is 1. The summed E-state index contributed by atoms with van der Waals surface area (Å²) in [6, 6.07) is 9.44. The first kappa shape index (κ1) is 19.5. The Balaban J connectivity index is 1.70. The van der Waals surface area contributed by atoms with Crippen LogP contribution in [0.25, 0.3) is 11.4 Å². The minimum absolute atomic E-state index is 0.0283. The van der Waals surface area contributed by atoms with Crippen LogP contribution in [0, 0.1) is 10.1 Å². The molecule has 2 aromatic heterocycles. The Morgan fingerprint density at radius 1 is 1.29 bits per heavy atom. The molecule has 0 spiro atoms. The molecule has 0 fully saturated rings. The second-order valence-electron chi connectivity index (χ2n) is 5.85. The summed E-state index contributed by atoms with van der Waals surface area (Å²) in [5, 5.41) is 22.1. The number of pyridine rings is 1. The number of nitrogens with zero attached hydrogens (tertiary/aromatic N) is 5. The Hall–Kier alpha value is -3.27. The van der Waals surface area contributed by atoms with Crippen LogP contribution in [0.4, 0.5) is 11.4 Å². The lowest BCUT2D eigenvalue weighted by Gasteiger charge is -2.12. The molecule has 3 rings (SSSR count). The van der Waals surface area contributed by atoms with Gasteiger partial charge in [-0.25, -0.2) is 0 Å². The summed E-state index contributed by atoms with van der Waals surface area (Å²) >= 11 is 1.29. The fourth-order valence-electron chi connectivity index (χ4n) is 2.49. The number of carbonyl (C=O) groups is 1. The largest absolute Gasteiger partial charge is 0.325 e. The first-order chi connectivity index (χ1) is 13.5. The topological polar surface area (TPSA) is 116 Å². The summed E-state index contributed by atoms with van der Waals surface area (Å²) in [5.41, 5.74) is 1.32. The summed E-state index contributed by atoms with van der Waals surface area (Å²) in [4.78, 5) is 26.8. The van der Waals surface area contributed by atoms with Crippen molar-refractivity contribution in [3.63, 3.8) is 0 Å². The summed E-state index contributed by atoms with van der Waals surface area (Å²) in [6.45, 7) is 4.40. The molecule has 0 saturated heterocycles. The van der Waals surface area contributed by atoms with Gasteiger partial charge in [-0.05, 0) is 38.1 Å². The molecule has 0 unspecified atom stereocenters. The Bertz CT molecular complexity index is 975. The zero-order valence-electron chi connectivity index (χ0n) is 15.3. The standard InChI is InChI=1S/C18H18N6O3S/c1-3-23-16(13-5-4-10-19-11-13)21-22-18(23)28-12(2)17(25)20-14-6-8-15(9-7-14)24(26)27/h4-12H,3H2,1-2H3,(H,20,25)/t12-/m1/s1. The van der Waals surface area contributed by atoms with Gasteiger partial charge in [-0.15, -0.1) is 10.2 Å². The first-order valence-electron chi connectivity index (χ1n) is 8.55. The van der Waals surface area contributed by atoms with E-state index in [2.05, 4.69) is 20.5 Å². The number of aromatic nitrogens is 4. The van der Waals surface area contributed by atoms with E-state index in [1.54, 1.807) is 19.3 Å². The van der Waals surface area contributed by atoms with E-state index >= 15 is 0 Å². The molecule has 0 aliphatic rings. The highest BCUT2D eigenvalue weighted by molar-refractivity contribution is 8.00. The molecule has 1 amide bonds. The Morgan fingerprint density at radius 2 is 2.04 bits per heavy atom. The van der Waals surface area contributed by atoms with E-state index in [0.29, 0.717) is 23.2 Å². The van der Waals surface area contributed by atoms with Gasteiger partial charge in [0.1, 0.15) is 0 Å². The third-order valence-corrected chi connectivity index (χ3v) is 5.03. The quantitative estimate of drug-likeness (QED) is 0.368. The fourth-order valence-corrected chi connectivity index (χ4v) is 3.40. The van der Waals surface area contributed by atoms with Crippen LogP contribution in [-0.4, -0.2) is 35.8 Å². The van der Waals surface area contributed by atoms with E-state index in [0.717, 1.165) is 5.56 Å². The summed E-state index contributed by atoms with van der Waals surface area (Å²) in [6.07, 6.45) is 3.41. The van der Waals surface area contributed by atoms with Gasteiger partial charge in [0.15, 0.2) is 11.0 Å². The minimum atomic E-state index is -0.485. The van der Waals surface area contributed by atoms with Crippen LogP contribution in [0.3, 0.4) is 0 Å². The van der Waals surface area contributed by atoms with Crippen LogP contribution >= 0.6 is 11.8 Å². The van der Waals surface area contributed by atoms with Crippen LogP contribution in [0.15, 0.2) is 53.9 Å². The predicted octanol–water partition coefficient (Wildman–Crippen LogP) is 3.39. The normalized spacial score (nSPS) is 11.8. The number of nitro benzene ring substituents is 1. The van der Waals surface area contributed by atoms with E-state index in [9.17, 15) is 14.9 Å². The molecule has 28 heavy (non-hydrogen) atoms. The third kappa shape index (κ3) is 4.34. The van der Waals surface area contributed by atoms with Crippen molar-refractivity contribution in [2.75, 3.05) is 5.32 Å². The first-order valence-corrected chi connectivity index (χ1v) is 9.43. The highest BCUT2D eigenvalue weighted by Crippen LogP contribution is 2.27. The van der Waals surface area contributed by atoms with E-state index < -0.39 is 10.2 Å². The number of thioether (sulfide) groups is 1. The molecule has 9 nitrogen and oxygen atoms in total. The summed E-state index contributed by atoms with van der Waals surface area (Å²) in [5.74, 6) is 0.466. The highest BCUT2D eigenvalue weighted by Gasteiger charge is 2.20. The molecule has 144 valence electrons. The van der Waals surface area contributed by atoms with Gasteiger partial charge in [0.25, 0.3) is 5.69 Å². The average molecular weight is 398 g/mol. The van der Waals surface area contributed by atoms with Crippen molar-refractivity contribution >= 4 is 29.0 Å². The second kappa shape index (κ2) is 8.61.